The molecular weight excluding hydrogens is 164 g/mol. The van der Waals surface area contributed by atoms with Crippen molar-refractivity contribution < 1.29 is 9.53 Å². The summed E-state index contributed by atoms with van der Waals surface area (Å²) in [6.07, 6.45) is 4.08. The molecule has 0 aromatic heterocycles. The predicted molar refractivity (Wildman–Crippen MR) is 52.3 cm³/mol. The molecule has 2 heteroatoms. The van der Waals surface area contributed by atoms with Crippen molar-refractivity contribution in [2.45, 2.75) is 33.6 Å². The van der Waals surface area contributed by atoms with Gasteiger partial charge in [-0.3, -0.25) is 0 Å². The quantitative estimate of drug-likeness (QED) is 0.627. The zero-order valence-corrected chi connectivity index (χ0v) is 8.67. The minimum absolute atomic E-state index is 0.120. The summed E-state index contributed by atoms with van der Waals surface area (Å²) in [5.41, 5.74) is 0.876. The van der Waals surface area contributed by atoms with Gasteiger partial charge in [-0.25, -0.2) is 4.79 Å². The van der Waals surface area contributed by atoms with Crippen molar-refractivity contribution in [2.24, 2.45) is 11.8 Å². The first-order chi connectivity index (χ1) is 6.15. The number of rotatable bonds is 3. The maximum absolute atomic E-state index is 11.3. The molecule has 1 atom stereocenters. The van der Waals surface area contributed by atoms with E-state index in [2.05, 4.69) is 19.9 Å². The molecule has 0 radical (unpaired) electrons. The fourth-order valence-corrected chi connectivity index (χ4v) is 1.67. The van der Waals surface area contributed by atoms with Gasteiger partial charge in [0.25, 0.3) is 0 Å². The summed E-state index contributed by atoms with van der Waals surface area (Å²) in [5.74, 6) is 1.08. The normalized spacial score (nSPS) is 21.8. The molecule has 0 aliphatic heterocycles. The summed E-state index contributed by atoms with van der Waals surface area (Å²) >= 11 is 0. The molecule has 0 saturated heterocycles. The van der Waals surface area contributed by atoms with Crippen molar-refractivity contribution in [3.05, 3.63) is 11.6 Å². The van der Waals surface area contributed by atoms with Crippen LogP contribution < -0.4 is 0 Å². The molecule has 0 aromatic rings. The van der Waals surface area contributed by atoms with Crippen molar-refractivity contribution in [3.63, 3.8) is 0 Å². The Balaban J connectivity index is 2.53. The Morgan fingerprint density at radius 3 is 2.85 bits per heavy atom. The maximum atomic E-state index is 11.3. The second kappa shape index (κ2) is 4.45. The van der Waals surface area contributed by atoms with Crippen molar-refractivity contribution in [2.75, 3.05) is 6.61 Å². The van der Waals surface area contributed by atoms with Crippen molar-refractivity contribution in [1.29, 1.82) is 0 Å². The molecule has 0 fully saturated rings. The Morgan fingerprint density at radius 1 is 1.69 bits per heavy atom. The lowest BCUT2D eigenvalue weighted by atomic mass is 9.96. The number of carbonyl (C=O) groups is 1. The molecule has 0 amide bonds. The topological polar surface area (TPSA) is 26.3 Å². The lowest BCUT2D eigenvalue weighted by Gasteiger charge is -2.09. The summed E-state index contributed by atoms with van der Waals surface area (Å²) in [4.78, 5) is 11.3. The second-order valence-electron chi connectivity index (χ2n) is 3.86. The molecule has 0 bridgehead atoms. The molecule has 1 aliphatic carbocycles. The van der Waals surface area contributed by atoms with Gasteiger partial charge in [0, 0.05) is 5.57 Å². The smallest absolute Gasteiger partial charge is 0.333 e. The third-order valence-electron chi connectivity index (χ3n) is 2.56. The number of allylic oxidation sites excluding steroid dienone is 1. The average molecular weight is 182 g/mol. The summed E-state index contributed by atoms with van der Waals surface area (Å²) in [6.45, 7) is 6.69. The first-order valence-electron chi connectivity index (χ1n) is 5.03. The van der Waals surface area contributed by atoms with Crippen LogP contribution in [0.1, 0.15) is 33.6 Å². The Labute approximate surface area is 80.0 Å². The van der Waals surface area contributed by atoms with E-state index in [1.54, 1.807) is 0 Å². The summed E-state index contributed by atoms with van der Waals surface area (Å²) in [5, 5.41) is 0. The number of ether oxygens (including phenoxy) is 1. The minimum atomic E-state index is -0.120. The Bertz CT molecular complexity index is 216. The zero-order valence-electron chi connectivity index (χ0n) is 8.67. The van der Waals surface area contributed by atoms with Gasteiger partial charge in [-0.1, -0.05) is 19.9 Å². The molecule has 0 spiro atoms. The molecule has 0 saturated carbocycles. The Morgan fingerprint density at radius 2 is 2.38 bits per heavy atom. The van der Waals surface area contributed by atoms with E-state index in [-0.39, 0.29) is 5.97 Å². The van der Waals surface area contributed by atoms with E-state index >= 15 is 0 Å². The first-order valence-corrected chi connectivity index (χ1v) is 5.03. The van der Waals surface area contributed by atoms with E-state index < -0.39 is 0 Å². The molecule has 1 aliphatic rings. The van der Waals surface area contributed by atoms with Crippen LogP contribution in [0.5, 0.6) is 0 Å². The highest BCUT2D eigenvalue weighted by molar-refractivity contribution is 5.88. The van der Waals surface area contributed by atoms with Crippen LogP contribution >= 0.6 is 0 Å². The maximum Gasteiger partial charge on any atom is 0.333 e. The lowest BCUT2D eigenvalue weighted by molar-refractivity contribution is -0.138. The van der Waals surface area contributed by atoms with Crippen molar-refractivity contribution in [1.82, 2.24) is 0 Å². The van der Waals surface area contributed by atoms with Crippen molar-refractivity contribution >= 4 is 5.97 Å². The van der Waals surface area contributed by atoms with Gasteiger partial charge in [0.2, 0.25) is 0 Å². The monoisotopic (exact) mass is 182 g/mol. The summed E-state index contributed by atoms with van der Waals surface area (Å²) in [6, 6.07) is 0. The van der Waals surface area contributed by atoms with Crippen LogP contribution in [0.15, 0.2) is 11.6 Å². The first kappa shape index (κ1) is 10.3. The summed E-state index contributed by atoms with van der Waals surface area (Å²) < 4.78 is 4.95. The number of esters is 1. The highest BCUT2D eigenvalue weighted by atomic mass is 16.5. The van der Waals surface area contributed by atoms with Crippen LogP contribution in [0.2, 0.25) is 0 Å². The van der Waals surface area contributed by atoms with E-state index in [0.717, 1.165) is 18.4 Å². The SMILES string of the molecule is CCOC(=O)C1=C[C@H](C(C)C)CC1. The largest absolute Gasteiger partial charge is 0.463 e. The van der Waals surface area contributed by atoms with Gasteiger partial charge in [0.1, 0.15) is 0 Å². The molecular formula is C11H18O2. The van der Waals surface area contributed by atoms with E-state index in [1.165, 1.54) is 0 Å². The third kappa shape index (κ3) is 2.58. The van der Waals surface area contributed by atoms with Crippen LogP contribution in [-0.2, 0) is 9.53 Å². The van der Waals surface area contributed by atoms with Crippen LogP contribution in [0.4, 0.5) is 0 Å². The van der Waals surface area contributed by atoms with Gasteiger partial charge in [0.05, 0.1) is 6.61 Å². The number of hydrogen-bond acceptors (Lipinski definition) is 2. The molecule has 0 aromatic carbocycles. The molecule has 1 rings (SSSR count). The standard InChI is InChI=1S/C11H18O2/c1-4-13-11(12)10-6-5-9(7-10)8(2)3/h7-9H,4-6H2,1-3H3/t9-/m1/s1. The van der Waals surface area contributed by atoms with Crippen LogP contribution in [-0.4, -0.2) is 12.6 Å². The Hall–Kier alpha value is -0.790. The Kier molecular flexibility index (Phi) is 3.52. The average Bonchev–Trinajstić information content (AvgIpc) is 2.52. The minimum Gasteiger partial charge on any atom is -0.463 e. The van der Waals surface area contributed by atoms with E-state index in [9.17, 15) is 4.79 Å². The molecule has 0 N–H and O–H groups in total. The number of hydrogen-bond donors (Lipinski definition) is 0. The fourth-order valence-electron chi connectivity index (χ4n) is 1.67. The third-order valence-corrected chi connectivity index (χ3v) is 2.56. The van der Waals surface area contributed by atoms with Gasteiger partial charge in [-0.15, -0.1) is 0 Å². The van der Waals surface area contributed by atoms with E-state index in [0.29, 0.717) is 18.4 Å². The van der Waals surface area contributed by atoms with Crippen LogP contribution in [0.3, 0.4) is 0 Å². The number of carbonyl (C=O) groups excluding carboxylic acids is 1. The highest BCUT2D eigenvalue weighted by Gasteiger charge is 2.23. The van der Waals surface area contributed by atoms with E-state index in [4.69, 9.17) is 4.74 Å². The highest BCUT2D eigenvalue weighted by Crippen LogP contribution is 2.30. The van der Waals surface area contributed by atoms with Gasteiger partial charge in [-0.05, 0) is 31.6 Å². The van der Waals surface area contributed by atoms with Gasteiger partial charge < -0.3 is 4.74 Å². The molecule has 74 valence electrons. The van der Waals surface area contributed by atoms with Crippen molar-refractivity contribution in [3.8, 4) is 0 Å². The van der Waals surface area contributed by atoms with Gasteiger partial charge >= 0.3 is 5.97 Å². The molecule has 13 heavy (non-hydrogen) atoms. The van der Waals surface area contributed by atoms with Gasteiger partial charge in [0.15, 0.2) is 0 Å². The summed E-state index contributed by atoms with van der Waals surface area (Å²) in [7, 11) is 0. The lowest BCUT2D eigenvalue weighted by Crippen LogP contribution is -2.05. The zero-order chi connectivity index (χ0) is 9.84. The second-order valence-corrected chi connectivity index (χ2v) is 3.86. The van der Waals surface area contributed by atoms with Crippen LogP contribution in [0.25, 0.3) is 0 Å². The molecule has 0 unspecified atom stereocenters. The molecule has 0 heterocycles. The van der Waals surface area contributed by atoms with E-state index in [1.807, 2.05) is 6.92 Å². The predicted octanol–water partition coefficient (Wildman–Crippen LogP) is 2.54. The van der Waals surface area contributed by atoms with Gasteiger partial charge in [-0.2, -0.15) is 0 Å². The van der Waals surface area contributed by atoms with Crippen LogP contribution in [0, 0.1) is 11.8 Å². The fraction of sp³-hybridized carbons (Fsp3) is 0.727. The molecule has 2 nitrogen and oxygen atoms in total.